The number of halogens is 3. The first-order chi connectivity index (χ1) is 12.7. The summed E-state index contributed by atoms with van der Waals surface area (Å²) < 4.78 is 61.6. The fourth-order valence-electron chi connectivity index (χ4n) is 1.64. The molecule has 2 N–H and O–H groups in total. The predicted octanol–water partition coefficient (Wildman–Crippen LogP) is 2.26. The van der Waals surface area contributed by atoms with E-state index in [2.05, 4.69) is 15.0 Å². The largest absolute Gasteiger partial charge is 0.467 e. The van der Waals surface area contributed by atoms with Crippen molar-refractivity contribution in [3.63, 3.8) is 0 Å². The van der Waals surface area contributed by atoms with Crippen LogP contribution in [0.1, 0.15) is 5.56 Å². The molecule has 2 heterocycles. The number of amides is 2. The lowest BCUT2D eigenvalue weighted by Gasteiger charge is -2.09. The Balaban J connectivity index is 2.24. The summed E-state index contributed by atoms with van der Waals surface area (Å²) in [6.45, 7) is 0. The predicted molar refractivity (Wildman–Crippen MR) is 91.6 cm³/mol. The minimum Gasteiger partial charge on any atom is -0.467 e. The Kier molecular flexibility index (Phi) is 6.45. The van der Waals surface area contributed by atoms with Crippen LogP contribution in [0.2, 0.25) is 0 Å². The first-order valence-electron chi connectivity index (χ1n) is 6.64. The Morgan fingerprint density at radius 3 is 2.30 bits per heavy atom. The number of anilines is 1. The van der Waals surface area contributed by atoms with Crippen molar-refractivity contribution in [1.82, 2.24) is 19.7 Å². The second kappa shape index (κ2) is 8.41. The molecule has 0 aliphatic heterocycles. The van der Waals surface area contributed by atoms with Gasteiger partial charge in [0, 0.05) is 5.56 Å². The number of urea groups is 1. The van der Waals surface area contributed by atoms with Crippen LogP contribution < -0.4 is 19.5 Å². The van der Waals surface area contributed by atoms with E-state index >= 15 is 0 Å². The van der Waals surface area contributed by atoms with Gasteiger partial charge in [0.05, 0.1) is 14.2 Å². The Labute approximate surface area is 160 Å². The van der Waals surface area contributed by atoms with E-state index < -0.39 is 36.9 Å². The fraction of sp³-hybridized carbons (Fsp3) is 0.167. The number of carbonyl (C=O) groups is 1. The van der Waals surface area contributed by atoms with E-state index in [0.717, 1.165) is 6.07 Å². The molecule has 146 valence electrons. The first kappa shape index (κ1) is 20.7. The van der Waals surface area contributed by atoms with Crippen molar-refractivity contribution < 1.29 is 31.5 Å². The molecule has 2 aromatic heterocycles. The topological polar surface area (TPSA) is 132 Å². The van der Waals surface area contributed by atoms with Crippen molar-refractivity contribution in [2.45, 2.75) is 4.21 Å². The summed E-state index contributed by atoms with van der Waals surface area (Å²) in [6.07, 6.45) is 0. The second-order valence-electron chi connectivity index (χ2n) is 4.39. The zero-order valence-corrected chi connectivity index (χ0v) is 15.9. The van der Waals surface area contributed by atoms with Gasteiger partial charge in [-0.1, -0.05) is 0 Å². The van der Waals surface area contributed by atoms with Crippen molar-refractivity contribution in [3.05, 3.63) is 22.3 Å². The number of ether oxygens (including phenoxy) is 2. The van der Waals surface area contributed by atoms with Crippen molar-refractivity contribution in [2.75, 3.05) is 19.5 Å². The molecular weight excluding hydrogens is 432 g/mol. The highest BCUT2D eigenvalue weighted by Gasteiger charge is 2.26. The normalized spacial score (nSPS) is 12.2. The van der Waals surface area contributed by atoms with E-state index in [9.17, 15) is 22.0 Å². The van der Waals surface area contributed by atoms with E-state index in [0.29, 0.717) is 11.3 Å². The highest BCUT2D eigenvalue weighted by atomic mass is 35.5. The molecule has 0 aromatic carbocycles. The number of hydrogen-bond acceptors (Lipinski definition) is 9. The summed E-state index contributed by atoms with van der Waals surface area (Å²) >= 11 is 5.47. The molecule has 2 rings (SSSR count). The summed E-state index contributed by atoms with van der Waals surface area (Å²) in [5.74, 6) is -1.96. The maximum Gasteiger partial charge on any atom is 0.335 e. The fourth-order valence-corrected chi connectivity index (χ4v) is 3.99. The molecular formula is C12H10ClF2N5O5S2. The minimum atomic E-state index is -4.55. The first-order valence-corrected chi connectivity index (χ1v) is 9.38. The number of thiophene rings is 1. The summed E-state index contributed by atoms with van der Waals surface area (Å²) in [6, 6.07) is -0.688. The van der Waals surface area contributed by atoms with E-state index in [4.69, 9.17) is 21.1 Å². The van der Waals surface area contributed by atoms with Gasteiger partial charge < -0.3 is 9.47 Å². The van der Waals surface area contributed by atoms with Crippen molar-refractivity contribution in [3.8, 4) is 12.0 Å². The van der Waals surface area contributed by atoms with Gasteiger partial charge >= 0.3 is 18.1 Å². The third-order valence-electron chi connectivity index (χ3n) is 2.69. The van der Waals surface area contributed by atoms with Gasteiger partial charge in [-0.3, -0.25) is 5.32 Å². The van der Waals surface area contributed by atoms with Crippen molar-refractivity contribution in [2.24, 2.45) is 0 Å². The van der Waals surface area contributed by atoms with Gasteiger partial charge in [-0.15, -0.1) is 16.3 Å². The highest BCUT2D eigenvalue weighted by Crippen LogP contribution is 2.32. The zero-order chi connectivity index (χ0) is 20.2. The number of hydrogen-bond donors (Lipinski definition) is 2. The molecule has 0 aliphatic carbocycles. The van der Waals surface area contributed by atoms with Crippen LogP contribution in [-0.2, 0) is 10.0 Å². The summed E-state index contributed by atoms with van der Waals surface area (Å²) in [5, 5.41) is 1.49. The number of nitrogens with one attached hydrogen (secondary N) is 2. The van der Waals surface area contributed by atoms with Gasteiger partial charge in [-0.05, 0) is 23.0 Å². The van der Waals surface area contributed by atoms with Crippen molar-refractivity contribution in [1.29, 1.82) is 0 Å². The van der Waals surface area contributed by atoms with Gasteiger partial charge in [-0.25, -0.2) is 22.3 Å². The van der Waals surface area contributed by atoms with Crippen LogP contribution in [-0.4, -0.2) is 43.6 Å². The SMILES string of the molecule is COc1nc(NC(=O)NS(=O)(=O)c2sccc2C(F)=C(F)Cl)nc(OC)n1. The van der Waals surface area contributed by atoms with Gasteiger partial charge in [0.1, 0.15) is 0 Å². The molecule has 0 radical (unpaired) electrons. The molecule has 0 spiro atoms. The molecule has 0 unspecified atom stereocenters. The van der Waals surface area contributed by atoms with Gasteiger partial charge in [0.25, 0.3) is 10.0 Å². The van der Waals surface area contributed by atoms with Crippen LogP contribution in [0, 0.1) is 0 Å². The third-order valence-corrected chi connectivity index (χ3v) is 5.67. The number of rotatable bonds is 6. The lowest BCUT2D eigenvalue weighted by Crippen LogP contribution is -2.34. The quantitative estimate of drug-likeness (QED) is 0.697. The Morgan fingerprint density at radius 2 is 1.78 bits per heavy atom. The van der Waals surface area contributed by atoms with Gasteiger partial charge in [0.2, 0.25) is 11.2 Å². The molecule has 15 heteroatoms. The average Bonchev–Trinajstić information content (AvgIpc) is 3.10. The van der Waals surface area contributed by atoms with Gasteiger partial charge in [0.15, 0.2) is 10.0 Å². The van der Waals surface area contributed by atoms with E-state index in [1.54, 1.807) is 4.72 Å². The summed E-state index contributed by atoms with van der Waals surface area (Å²) in [7, 11) is -2.05. The zero-order valence-electron chi connectivity index (χ0n) is 13.5. The minimum absolute atomic E-state index is 0.203. The molecule has 0 saturated heterocycles. The highest BCUT2D eigenvalue weighted by molar-refractivity contribution is 7.92. The molecule has 0 saturated carbocycles. The maximum atomic E-state index is 13.7. The molecule has 27 heavy (non-hydrogen) atoms. The van der Waals surface area contributed by atoms with Crippen LogP contribution in [0.3, 0.4) is 0 Å². The van der Waals surface area contributed by atoms with Crippen LogP contribution in [0.5, 0.6) is 12.0 Å². The standard InChI is InChI=1S/C12H10ClF2N5O5S2/c1-24-11-17-9(18-12(19-11)25-2)16-10(21)20-27(22,23)8-5(3-4-26-8)6(14)7(13)15/h3-4H,1-2H3,(H2,16,17,18,19,20,21). The Morgan fingerprint density at radius 1 is 1.19 bits per heavy atom. The van der Waals surface area contributed by atoms with E-state index in [1.807, 2.05) is 5.32 Å². The molecule has 0 fully saturated rings. The smallest absolute Gasteiger partial charge is 0.335 e. The molecule has 0 bridgehead atoms. The van der Waals surface area contributed by atoms with Gasteiger partial charge in [-0.2, -0.15) is 14.4 Å². The van der Waals surface area contributed by atoms with E-state index in [1.165, 1.54) is 19.6 Å². The van der Waals surface area contributed by atoms with Crippen LogP contribution in [0.4, 0.5) is 19.5 Å². The average molecular weight is 442 g/mol. The van der Waals surface area contributed by atoms with E-state index in [-0.39, 0.29) is 18.0 Å². The Hall–Kier alpha value is -2.58. The van der Waals surface area contributed by atoms with Crippen molar-refractivity contribution >= 4 is 50.8 Å². The summed E-state index contributed by atoms with van der Waals surface area (Å²) in [4.78, 5) is 23.0. The number of methoxy groups -OCH3 is 2. The summed E-state index contributed by atoms with van der Waals surface area (Å²) in [5.41, 5.74) is -0.628. The molecule has 2 aromatic rings. The number of nitrogens with zero attached hydrogens (tertiary/aromatic N) is 3. The molecule has 2 amide bonds. The Bertz CT molecular complexity index is 972. The number of sulfonamides is 1. The van der Waals surface area contributed by atoms with Crippen LogP contribution in [0.15, 0.2) is 20.9 Å². The van der Waals surface area contributed by atoms with Crippen LogP contribution >= 0.6 is 22.9 Å². The monoisotopic (exact) mass is 441 g/mol. The van der Waals surface area contributed by atoms with Crippen LogP contribution in [0.25, 0.3) is 5.83 Å². The lowest BCUT2D eigenvalue weighted by molar-refractivity contribution is 0.256. The maximum absolute atomic E-state index is 13.7. The second-order valence-corrected chi connectivity index (χ2v) is 7.51. The molecule has 10 nitrogen and oxygen atoms in total. The number of aromatic nitrogens is 3. The molecule has 0 aliphatic rings. The lowest BCUT2D eigenvalue weighted by atomic mass is 10.3. The molecule has 0 atom stereocenters. The number of carbonyl (C=O) groups excluding carboxylic acids is 1. The third kappa shape index (κ3) is 4.99.